The second-order valence-corrected chi connectivity index (χ2v) is 6.27. The van der Waals surface area contributed by atoms with Crippen LogP contribution >= 0.6 is 0 Å². The number of anilines is 2. The molecule has 0 radical (unpaired) electrons. The number of nitrogens with zero attached hydrogens (tertiary/aromatic N) is 2. The zero-order valence-electron chi connectivity index (χ0n) is 13.4. The minimum absolute atomic E-state index is 0.0536. The first kappa shape index (κ1) is 16.5. The monoisotopic (exact) mass is 311 g/mol. The fraction of sp³-hybridized carbons (Fsp3) is 0.600. The molecule has 1 aromatic heterocycles. The molecule has 1 aliphatic heterocycles. The van der Waals surface area contributed by atoms with E-state index >= 15 is 0 Å². The molecular weight excluding hydrogens is 289 g/mol. The Balaban J connectivity index is 2.14. The number of morpholine rings is 1. The minimum Gasteiger partial charge on any atom is -0.444 e. The van der Waals surface area contributed by atoms with E-state index in [1.165, 1.54) is 6.07 Å². The Morgan fingerprint density at radius 3 is 2.91 bits per heavy atom. The highest BCUT2D eigenvalue weighted by Crippen LogP contribution is 2.23. The molecular formula is C15H22FN3O3. The van der Waals surface area contributed by atoms with Crippen molar-refractivity contribution in [1.29, 1.82) is 0 Å². The summed E-state index contributed by atoms with van der Waals surface area (Å²) in [5.41, 5.74) is -0.590. The molecule has 6 nitrogen and oxygen atoms in total. The Morgan fingerprint density at radius 2 is 2.27 bits per heavy atom. The molecule has 22 heavy (non-hydrogen) atoms. The SMILES string of the molecule is C[C@H]1COCCN1c1cc(NC(=O)OC(C)(C)C)c(F)cn1. The van der Waals surface area contributed by atoms with Crippen molar-refractivity contribution in [3.05, 3.63) is 18.1 Å². The number of amides is 1. The van der Waals surface area contributed by atoms with Crippen molar-refractivity contribution in [2.45, 2.75) is 39.3 Å². The van der Waals surface area contributed by atoms with E-state index in [0.717, 1.165) is 6.20 Å². The third-order valence-corrected chi connectivity index (χ3v) is 3.14. The number of halogens is 1. The van der Waals surface area contributed by atoms with Crippen molar-refractivity contribution in [2.24, 2.45) is 0 Å². The van der Waals surface area contributed by atoms with Gasteiger partial charge in [0.15, 0.2) is 5.82 Å². The standard InChI is InChI=1S/C15H22FN3O3/c1-10-9-21-6-5-19(10)13-7-12(11(16)8-17-13)18-14(20)22-15(2,3)4/h7-8,10H,5-6,9H2,1-4H3,(H,17,18,20)/t10-/m0/s1. The van der Waals surface area contributed by atoms with Gasteiger partial charge in [0.1, 0.15) is 11.4 Å². The van der Waals surface area contributed by atoms with Crippen LogP contribution in [0, 0.1) is 5.82 Å². The number of ether oxygens (including phenoxy) is 2. The van der Waals surface area contributed by atoms with E-state index in [-0.39, 0.29) is 11.7 Å². The van der Waals surface area contributed by atoms with Gasteiger partial charge >= 0.3 is 6.09 Å². The molecule has 1 aliphatic rings. The number of aromatic nitrogens is 1. The highest BCUT2D eigenvalue weighted by atomic mass is 19.1. The zero-order chi connectivity index (χ0) is 16.3. The fourth-order valence-electron chi connectivity index (χ4n) is 2.16. The third kappa shape index (κ3) is 4.30. The van der Waals surface area contributed by atoms with Crippen molar-refractivity contribution in [3.63, 3.8) is 0 Å². The Bertz CT molecular complexity index is 545. The van der Waals surface area contributed by atoms with Gasteiger partial charge in [-0.1, -0.05) is 0 Å². The first-order valence-electron chi connectivity index (χ1n) is 7.26. The highest BCUT2D eigenvalue weighted by molar-refractivity contribution is 5.85. The van der Waals surface area contributed by atoms with E-state index in [4.69, 9.17) is 9.47 Å². The average molecular weight is 311 g/mol. The largest absolute Gasteiger partial charge is 0.444 e. The third-order valence-electron chi connectivity index (χ3n) is 3.14. The van der Waals surface area contributed by atoms with Crippen LogP contribution in [0.1, 0.15) is 27.7 Å². The average Bonchev–Trinajstić information content (AvgIpc) is 2.40. The summed E-state index contributed by atoms with van der Waals surface area (Å²) < 4.78 is 24.4. The van der Waals surface area contributed by atoms with Crippen LogP contribution in [0.25, 0.3) is 0 Å². The summed E-state index contributed by atoms with van der Waals surface area (Å²) in [6.45, 7) is 9.10. The molecule has 1 aromatic rings. The maximum absolute atomic E-state index is 13.9. The number of carbonyl (C=O) groups is 1. The molecule has 1 fully saturated rings. The number of nitrogens with one attached hydrogen (secondary N) is 1. The number of rotatable bonds is 2. The molecule has 122 valence electrons. The van der Waals surface area contributed by atoms with Crippen LogP contribution in [-0.4, -0.2) is 42.5 Å². The molecule has 2 heterocycles. The lowest BCUT2D eigenvalue weighted by molar-refractivity contribution is 0.0635. The summed E-state index contributed by atoms with van der Waals surface area (Å²) in [4.78, 5) is 17.9. The molecule has 7 heteroatoms. The van der Waals surface area contributed by atoms with Crippen LogP contribution in [0.2, 0.25) is 0 Å². The lowest BCUT2D eigenvalue weighted by Gasteiger charge is -2.34. The molecule has 0 spiro atoms. The molecule has 1 amide bonds. The van der Waals surface area contributed by atoms with Gasteiger partial charge in [0.25, 0.3) is 0 Å². The van der Waals surface area contributed by atoms with Gasteiger partial charge in [-0.05, 0) is 27.7 Å². The molecule has 2 rings (SSSR count). The van der Waals surface area contributed by atoms with E-state index in [2.05, 4.69) is 10.3 Å². The minimum atomic E-state index is -0.696. The summed E-state index contributed by atoms with van der Waals surface area (Å²) in [6.07, 6.45) is 0.406. The van der Waals surface area contributed by atoms with Crippen LogP contribution in [0.15, 0.2) is 12.3 Å². The Hall–Kier alpha value is -1.89. The summed E-state index contributed by atoms with van der Waals surface area (Å²) in [6, 6.07) is 1.65. The predicted octanol–water partition coefficient (Wildman–Crippen LogP) is 2.79. The molecule has 1 N–H and O–H groups in total. The van der Waals surface area contributed by atoms with Gasteiger partial charge in [-0.25, -0.2) is 14.2 Å². The van der Waals surface area contributed by atoms with Gasteiger partial charge < -0.3 is 14.4 Å². The first-order chi connectivity index (χ1) is 10.3. The zero-order valence-corrected chi connectivity index (χ0v) is 13.4. The predicted molar refractivity (Wildman–Crippen MR) is 81.7 cm³/mol. The Kier molecular flexibility index (Phi) is 4.85. The van der Waals surface area contributed by atoms with Crippen LogP contribution < -0.4 is 10.2 Å². The fourth-order valence-corrected chi connectivity index (χ4v) is 2.16. The van der Waals surface area contributed by atoms with Crippen LogP contribution in [0.3, 0.4) is 0 Å². The number of carbonyl (C=O) groups excluding carboxylic acids is 1. The van der Waals surface area contributed by atoms with Gasteiger partial charge in [-0.15, -0.1) is 0 Å². The number of hydrogen-bond donors (Lipinski definition) is 1. The maximum atomic E-state index is 13.9. The second kappa shape index (κ2) is 6.48. The van der Waals surface area contributed by atoms with Crippen LogP contribution in [-0.2, 0) is 9.47 Å². The summed E-state index contributed by atoms with van der Waals surface area (Å²) >= 11 is 0. The van der Waals surface area contributed by atoms with Gasteiger partial charge in [-0.2, -0.15) is 0 Å². The van der Waals surface area contributed by atoms with Crippen molar-refractivity contribution in [1.82, 2.24) is 4.98 Å². The topological polar surface area (TPSA) is 63.7 Å². The van der Waals surface area contributed by atoms with E-state index in [9.17, 15) is 9.18 Å². The molecule has 0 aromatic carbocycles. The van der Waals surface area contributed by atoms with E-state index < -0.39 is 17.5 Å². The van der Waals surface area contributed by atoms with Crippen LogP contribution in [0.4, 0.5) is 20.7 Å². The maximum Gasteiger partial charge on any atom is 0.412 e. The van der Waals surface area contributed by atoms with Crippen molar-refractivity contribution < 1.29 is 18.7 Å². The second-order valence-electron chi connectivity index (χ2n) is 6.27. The van der Waals surface area contributed by atoms with Gasteiger partial charge in [0.2, 0.25) is 0 Å². The molecule has 1 atom stereocenters. The Labute approximate surface area is 129 Å². The lowest BCUT2D eigenvalue weighted by Crippen LogP contribution is -2.44. The molecule has 0 aliphatic carbocycles. The van der Waals surface area contributed by atoms with E-state index in [1.54, 1.807) is 20.8 Å². The van der Waals surface area contributed by atoms with Gasteiger partial charge in [0.05, 0.1) is 31.1 Å². The smallest absolute Gasteiger partial charge is 0.412 e. The van der Waals surface area contributed by atoms with E-state index in [1.807, 2.05) is 11.8 Å². The molecule has 0 unspecified atom stereocenters. The van der Waals surface area contributed by atoms with E-state index in [0.29, 0.717) is 25.6 Å². The van der Waals surface area contributed by atoms with Crippen molar-refractivity contribution in [2.75, 3.05) is 30.0 Å². The summed E-state index contributed by atoms with van der Waals surface area (Å²) in [7, 11) is 0. The number of hydrogen-bond acceptors (Lipinski definition) is 5. The normalized spacial score (nSPS) is 19.0. The van der Waals surface area contributed by atoms with Crippen LogP contribution in [0.5, 0.6) is 0 Å². The molecule has 0 bridgehead atoms. The number of pyridine rings is 1. The quantitative estimate of drug-likeness (QED) is 0.910. The van der Waals surface area contributed by atoms with Gasteiger partial charge in [0, 0.05) is 12.6 Å². The summed E-state index contributed by atoms with van der Waals surface area (Å²) in [5, 5.41) is 2.43. The van der Waals surface area contributed by atoms with Gasteiger partial charge in [-0.3, -0.25) is 5.32 Å². The molecule has 0 saturated carbocycles. The molecule has 1 saturated heterocycles. The first-order valence-corrected chi connectivity index (χ1v) is 7.26. The summed E-state index contributed by atoms with van der Waals surface area (Å²) in [5.74, 6) is -0.00113. The lowest BCUT2D eigenvalue weighted by atomic mass is 10.2. The highest BCUT2D eigenvalue weighted by Gasteiger charge is 2.22. The van der Waals surface area contributed by atoms with Crippen molar-refractivity contribution >= 4 is 17.6 Å². The Morgan fingerprint density at radius 1 is 1.55 bits per heavy atom. The van der Waals surface area contributed by atoms with Crippen molar-refractivity contribution in [3.8, 4) is 0 Å².